The van der Waals surface area contributed by atoms with Crippen LogP contribution >= 0.6 is 0 Å². The number of likely N-dealkylation sites (tertiary alicyclic amines) is 1. The van der Waals surface area contributed by atoms with Crippen molar-refractivity contribution >= 4 is 40.6 Å². The number of nitrogens with zero attached hydrogens (tertiary/aromatic N) is 2. The van der Waals surface area contributed by atoms with Crippen LogP contribution in [-0.2, 0) is 20.8 Å². The van der Waals surface area contributed by atoms with Gasteiger partial charge in [0, 0.05) is 6.07 Å². The summed E-state index contributed by atoms with van der Waals surface area (Å²) in [4.78, 5) is 61.7. The van der Waals surface area contributed by atoms with Crippen molar-refractivity contribution in [1.29, 1.82) is 0 Å². The zero-order valence-corrected chi connectivity index (χ0v) is 27.5. The summed E-state index contributed by atoms with van der Waals surface area (Å²) < 4.78 is 23.8. The average molecular weight is 664 g/mol. The largest absolute Gasteiger partial charge is 0.493 e. The number of hydrogen-bond donors (Lipinski definition) is 2. The van der Waals surface area contributed by atoms with Gasteiger partial charge in [0.15, 0.2) is 28.6 Å². The van der Waals surface area contributed by atoms with Crippen LogP contribution in [0.3, 0.4) is 0 Å². The third-order valence-electron chi connectivity index (χ3n) is 9.29. The molecular weight excluding hydrogens is 622 g/mol. The van der Waals surface area contributed by atoms with Crippen LogP contribution in [0.25, 0.3) is 10.9 Å². The lowest BCUT2D eigenvalue weighted by Crippen LogP contribution is -2.47. The van der Waals surface area contributed by atoms with Crippen molar-refractivity contribution in [2.75, 3.05) is 32.1 Å². The monoisotopic (exact) mass is 663 g/mol. The number of aromatic nitrogens is 1. The molecule has 0 radical (unpaired) electrons. The van der Waals surface area contributed by atoms with E-state index in [-0.39, 0.29) is 28.9 Å². The predicted molar refractivity (Wildman–Crippen MR) is 174 cm³/mol. The van der Waals surface area contributed by atoms with Gasteiger partial charge in [-0.05, 0) is 68.9 Å². The molecule has 2 N–H and O–H groups in total. The number of unbranched alkanes of at least 4 members (excludes halogenated alkanes) is 3. The number of rotatable bonds is 10. The number of nitrogens with one attached hydrogen (secondary N) is 1. The van der Waals surface area contributed by atoms with E-state index in [0.717, 1.165) is 44.5 Å². The van der Waals surface area contributed by atoms with E-state index < -0.39 is 42.4 Å². The number of methoxy groups -OCH3 is 1. The van der Waals surface area contributed by atoms with Crippen LogP contribution in [0.1, 0.15) is 82.4 Å². The second-order valence-electron chi connectivity index (χ2n) is 12.5. The summed E-state index contributed by atoms with van der Waals surface area (Å²) in [5.74, 6) is -3.09. The van der Waals surface area contributed by atoms with Gasteiger partial charge < -0.3 is 33.8 Å². The Hall–Kier alpha value is -4.62. The zero-order valence-electron chi connectivity index (χ0n) is 27.5. The molecule has 1 saturated heterocycles. The second-order valence-corrected chi connectivity index (χ2v) is 12.5. The molecule has 13 heteroatoms. The number of aliphatic hydroxyl groups is 1. The Morgan fingerprint density at radius 2 is 1.75 bits per heavy atom. The molecule has 1 atom stereocenters. The second kappa shape index (κ2) is 13.9. The van der Waals surface area contributed by atoms with Crippen molar-refractivity contribution in [2.45, 2.75) is 83.2 Å². The Morgan fingerprint density at radius 1 is 1.02 bits per heavy atom. The molecule has 2 aromatic carbocycles. The third kappa shape index (κ3) is 6.44. The number of carbonyl (C=O) groups excluding carboxylic acids is 4. The van der Waals surface area contributed by atoms with Crippen molar-refractivity contribution < 1.29 is 48.1 Å². The van der Waals surface area contributed by atoms with E-state index >= 15 is 0 Å². The Balaban J connectivity index is 1.48. The van der Waals surface area contributed by atoms with Crippen molar-refractivity contribution in [2.24, 2.45) is 0 Å². The lowest BCUT2D eigenvalue weighted by Gasteiger charge is -2.32. The van der Waals surface area contributed by atoms with E-state index in [1.165, 1.54) is 37.2 Å². The molecule has 256 valence electrons. The van der Waals surface area contributed by atoms with Crippen molar-refractivity contribution in [3.63, 3.8) is 0 Å². The number of piperidine rings is 1. The lowest BCUT2D eigenvalue weighted by atomic mass is 9.86. The van der Waals surface area contributed by atoms with Crippen LogP contribution < -0.4 is 29.1 Å². The standard InChI is InChI=1S/C35H41N3O10/c1-4-6-7-10-15-37-16-13-21(14-17-37)29-22(5-2)38-23-18-26-31(36-34(42)46-25-12-9-8-11-24(25)44-3)32(30(23)29)47-33(41)35(43,19-27(39)45-26)20-28(40)48-38/h8-9,11-12,18,21,43H,4-7,10,13-17,19-20H2,1-3H3,(H,36,42). The number of carbonyl (C=O) groups is 4. The first-order valence-electron chi connectivity index (χ1n) is 16.6. The molecule has 48 heavy (non-hydrogen) atoms. The number of anilines is 1. The van der Waals surface area contributed by atoms with Crippen LogP contribution in [0.2, 0.25) is 0 Å². The molecule has 6 rings (SSSR count). The van der Waals surface area contributed by atoms with Gasteiger partial charge in [0.2, 0.25) is 0 Å². The van der Waals surface area contributed by atoms with Gasteiger partial charge in [-0.1, -0.05) is 45.2 Å². The van der Waals surface area contributed by atoms with Gasteiger partial charge in [-0.15, -0.1) is 0 Å². The molecule has 3 aliphatic heterocycles. The van der Waals surface area contributed by atoms with Crippen LogP contribution in [0, 0.1) is 0 Å². The molecular formula is C35H41N3O10. The maximum absolute atomic E-state index is 13.7. The smallest absolute Gasteiger partial charge is 0.417 e. The summed E-state index contributed by atoms with van der Waals surface area (Å²) >= 11 is 0. The summed E-state index contributed by atoms with van der Waals surface area (Å²) in [6.45, 7) is 6.85. The number of fused-ring (bicyclic) bond motifs is 3. The number of esters is 2. The molecule has 3 aliphatic rings. The fourth-order valence-corrected chi connectivity index (χ4v) is 6.92. The highest BCUT2D eigenvalue weighted by Crippen LogP contribution is 2.50. The van der Waals surface area contributed by atoms with Crippen LogP contribution in [-0.4, -0.2) is 71.1 Å². The maximum atomic E-state index is 13.7. The van der Waals surface area contributed by atoms with E-state index in [1.807, 2.05) is 6.92 Å². The van der Waals surface area contributed by atoms with Gasteiger partial charge in [0.1, 0.15) is 5.69 Å². The van der Waals surface area contributed by atoms with Crippen molar-refractivity contribution in [3.05, 3.63) is 41.6 Å². The van der Waals surface area contributed by atoms with Gasteiger partial charge in [-0.3, -0.25) is 10.1 Å². The molecule has 1 amide bonds. The highest BCUT2D eigenvalue weighted by atomic mass is 16.7. The SMILES string of the molecule is CCCCCCN1CCC(c2c(CC)n3c4cc5c(NC(=O)Oc6ccccc6OC)c(c24)OC(=O)C(O)(CC(=O)O5)CC(=O)O3)CC1. The highest BCUT2D eigenvalue weighted by Gasteiger charge is 2.47. The predicted octanol–water partition coefficient (Wildman–Crippen LogP) is 4.89. The van der Waals surface area contributed by atoms with Gasteiger partial charge >= 0.3 is 24.0 Å². The minimum atomic E-state index is -2.59. The third-order valence-corrected chi connectivity index (χ3v) is 9.29. The normalized spacial score (nSPS) is 19.9. The van der Waals surface area contributed by atoms with Crippen molar-refractivity contribution in [3.8, 4) is 23.0 Å². The fraction of sp³-hybridized carbons (Fsp3) is 0.486. The number of amides is 1. The lowest BCUT2D eigenvalue weighted by molar-refractivity contribution is -0.169. The molecule has 4 heterocycles. The van der Waals surface area contributed by atoms with E-state index in [4.69, 9.17) is 23.8 Å². The Labute approximate surface area is 278 Å². The van der Waals surface area contributed by atoms with E-state index in [2.05, 4.69) is 17.1 Å². The topological polar surface area (TPSA) is 155 Å². The summed E-state index contributed by atoms with van der Waals surface area (Å²) in [5.41, 5.74) is -0.935. The fourth-order valence-electron chi connectivity index (χ4n) is 6.92. The van der Waals surface area contributed by atoms with Crippen molar-refractivity contribution in [1.82, 2.24) is 9.63 Å². The molecule has 1 fully saturated rings. The van der Waals surface area contributed by atoms with Crippen LogP contribution in [0.15, 0.2) is 30.3 Å². The Morgan fingerprint density at radius 3 is 2.46 bits per heavy atom. The number of para-hydroxylation sites is 2. The first kappa shape index (κ1) is 33.3. The van der Waals surface area contributed by atoms with Crippen LogP contribution in [0.4, 0.5) is 10.5 Å². The Kier molecular flexibility index (Phi) is 9.61. The van der Waals surface area contributed by atoms with Gasteiger partial charge in [-0.25, -0.2) is 14.4 Å². The summed E-state index contributed by atoms with van der Waals surface area (Å²) in [7, 11) is 1.44. The summed E-state index contributed by atoms with van der Waals surface area (Å²) in [6.07, 6.45) is 4.03. The van der Waals surface area contributed by atoms with E-state index in [1.54, 1.807) is 24.3 Å². The van der Waals surface area contributed by atoms with E-state index in [9.17, 15) is 24.3 Å². The van der Waals surface area contributed by atoms with Gasteiger partial charge in [0.25, 0.3) is 0 Å². The summed E-state index contributed by atoms with van der Waals surface area (Å²) in [6, 6.07) is 8.01. The zero-order chi connectivity index (χ0) is 34.0. The molecule has 13 nitrogen and oxygen atoms in total. The molecule has 3 aromatic rings. The molecule has 1 unspecified atom stereocenters. The molecule has 0 saturated carbocycles. The maximum Gasteiger partial charge on any atom is 0.417 e. The minimum Gasteiger partial charge on any atom is -0.493 e. The number of ether oxygens (including phenoxy) is 4. The quantitative estimate of drug-likeness (QED) is 0.173. The molecule has 0 aliphatic carbocycles. The first-order chi connectivity index (χ1) is 23.1. The summed E-state index contributed by atoms with van der Waals surface area (Å²) in [5, 5.41) is 14.4. The highest BCUT2D eigenvalue weighted by molar-refractivity contribution is 6.06. The van der Waals surface area contributed by atoms with Crippen LogP contribution in [0.5, 0.6) is 23.0 Å². The first-order valence-corrected chi connectivity index (χ1v) is 16.6. The average Bonchev–Trinajstić information content (AvgIpc) is 3.36. The van der Waals surface area contributed by atoms with E-state index in [0.29, 0.717) is 28.8 Å². The van der Waals surface area contributed by atoms with Gasteiger partial charge in [-0.2, -0.15) is 4.73 Å². The number of benzene rings is 2. The molecule has 0 spiro atoms. The number of hydrogen-bond acceptors (Lipinski definition) is 11. The molecule has 1 aromatic heterocycles. The van der Waals surface area contributed by atoms with Gasteiger partial charge in [0.05, 0.1) is 36.5 Å². The molecule has 6 bridgehead atoms. The Bertz CT molecular complexity index is 1740. The minimum absolute atomic E-state index is 0.0155.